The summed E-state index contributed by atoms with van der Waals surface area (Å²) in [4.78, 5) is 30.1. The van der Waals surface area contributed by atoms with Crippen LogP contribution in [0, 0.1) is 5.92 Å². The summed E-state index contributed by atoms with van der Waals surface area (Å²) in [6.07, 6.45) is 7.09. The number of rotatable bonds is 3. The maximum Gasteiger partial charge on any atom is 0.219 e. The van der Waals surface area contributed by atoms with E-state index >= 15 is 0 Å². The summed E-state index contributed by atoms with van der Waals surface area (Å²) in [6.45, 7) is 8.51. The highest BCUT2D eigenvalue weighted by molar-refractivity contribution is 5.74. The van der Waals surface area contributed by atoms with E-state index in [0.29, 0.717) is 18.0 Å². The van der Waals surface area contributed by atoms with Gasteiger partial charge in [0.05, 0.1) is 0 Å². The van der Waals surface area contributed by atoms with Crippen molar-refractivity contribution in [3.8, 4) is 0 Å². The minimum absolute atomic E-state index is 0.213. The van der Waals surface area contributed by atoms with Crippen molar-refractivity contribution in [3.05, 3.63) is 0 Å². The first-order chi connectivity index (χ1) is 11.1. The molecule has 2 atom stereocenters. The topological polar surface area (TPSA) is 43.9 Å². The van der Waals surface area contributed by atoms with E-state index in [-0.39, 0.29) is 11.8 Å². The van der Waals surface area contributed by atoms with Crippen LogP contribution >= 0.6 is 0 Å². The van der Waals surface area contributed by atoms with Crippen molar-refractivity contribution in [1.29, 1.82) is 0 Å². The average molecular weight is 321 g/mol. The van der Waals surface area contributed by atoms with Gasteiger partial charge in [-0.25, -0.2) is 0 Å². The Hall–Kier alpha value is -1.10. The molecule has 2 amide bonds. The summed E-state index contributed by atoms with van der Waals surface area (Å²) in [5.41, 5.74) is 0. The molecule has 5 heteroatoms. The molecule has 0 aromatic heterocycles. The predicted molar refractivity (Wildman–Crippen MR) is 90.0 cm³/mol. The predicted octanol–water partition coefficient (Wildman–Crippen LogP) is 1.72. The molecule has 130 valence electrons. The molecule has 0 N–H and O–H groups in total. The lowest BCUT2D eigenvalue weighted by Gasteiger charge is -2.38. The minimum Gasteiger partial charge on any atom is -0.343 e. The van der Waals surface area contributed by atoms with Crippen LogP contribution in [0.25, 0.3) is 0 Å². The molecule has 0 bridgehead atoms. The first-order valence-corrected chi connectivity index (χ1v) is 9.33. The molecule has 23 heavy (non-hydrogen) atoms. The highest BCUT2D eigenvalue weighted by Crippen LogP contribution is 2.31. The summed E-state index contributed by atoms with van der Waals surface area (Å²) in [7, 11) is 0. The van der Waals surface area contributed by atoms with Crippen LogP contribution < -0.4 is 0 Å². The van der Waals surface area contributed by atoms with E-state index in [1.54, 1.807) is 13.8 Å². The first-order valence-electron chi connectivity index (χ1n) is 9.33. The second kappa shape index (κ2) is 7.20. The second-order valence-corrected chi connectivity index (χ2v) is 7.58. The van der Waals surface area contributed by atoms with E-state index in [2.05, 4.69) is 9.80 Å². The van der Waals surface area contributed by atoms with Gasteiger partial charge in [0.2, 0.25) is 11.8 Å². The molecule has 3 rings (SSSR count). The molecule has 5 nitrogen and oxygen atoms in total. The van der Waals surface area contributed by atoms with Crippen molar-refractivity contribution in [2.24, 2.45) is 5.92 Å². The molecule has 0 spiro atoms. The zero-order valence-corrected chi connectivity index (χ0v) is 14.7. The summed E-state index contributed by atoms with van der Waals surface area (Å²) in [5, 5.41) is 0. The molecule has 0 aromatic carbocycles. The van der Waals surface area contributed by atoms with Gasteiger partial charge < -0.3 is 9.80 Å². The molecule has 0 aromatic rings. The first kappa shape index (κ1) is 16.7. The van der Waals surface area contributed by atoms with Gasteiger partial charge in [-0.3, -0.25) is 14.5 Å². The monoisotopic (exact) mass is 321 g/mol. The van der Waals surface area contributed by atoms with E-state index in [4.69, 9.17) is 0 Å². The molecule has 0 saturated carbocycles. The smallest absolute Gasteiger partial charge is 0.219 e. The second-order valence-electron chi connectivity index (χ2n) is 7.58. The number of hydrogen-bond donors (Lipinski definition) is 0. The number of hydrogen-bond acceptors (Lipinski definition) is 3. The van der Waals surface area contributed by atoms with Crippen molar-refractivity contribution in [3.63, 3.8) is 0 Å². The molecule has 0 radical (unpaired) electrons. The third-order valence-corrected chi connectivity index (χ3v) is 6.11. The molecule has 3 saturated heterocycles. The van der Waals surface area contributed by atoms with Crippen molar-refractivity contribution in [1.82, 2.24) is 14.7 Å². The Kier molecular flexibility index (Phi) is 5.24. The maximum atomic E-state index is 11.9. The van der Waals surface area contributed by atoms with Crippen LogP contribution in [0.4, 0.5) is 0 Å². The Morgan fingerprint density at radius 3 is 2.13 bits per heavy atom. The normalized spacial score (nSPS) is 30.2. The number of carbonyl (C=O) groups is 2. The van der Waals surface area contributed by atoms with Gasteiger partial charge >= 0.3 is 0 Å². The van der Waals surface area contributed by atoms with Gasteiger partial charge in [-0.05, 0) is 51.0 Å². The highest BCUT2D eigenvalue weighted by atomic mass is 16.2. The van der Waals surface area contributed by atoms with Crippen molar-refractivity contribution in [2.75, 3.05) is 32.7 Å². The molecule has 3 aliphatic rings. The fourth-order valence-electron chi connectivity index (χ4n) is 4.86. The van der Waals surface area contributed by atoms with Crippen molar-refractivity contribution >= 4 is 11.8 Å². The molecular weight excluding hydrogens is 290 g/mol. The summed E-state index contributed by atoms with van der Waals surface area (Å²) in [6, 6.07) is 1.000. The van der Waals surface area contributed by atoms with Gasteiger partial charge in [0, 0.05) is 52.1 Å². The maximum absolute atomic E-state index is 11.9. The van der Waals surface area contributed by atoms with Crippen LogP contribution in [-0.4, -0.2) is 71.3 Å². The van der Waals surface area contributed by atoms with Crippen LogP contribution in [0.5, 0.6) is 0 Å². The van der Waals surface area contributed by atoms with E-state index in [1.807, 2.05) is 4.90 Å². The van der Waals surface area contributed by atoms with Gasteiger partial charge in [-0.1, -0.05) is 0 Å². The minimum atomic E-state index is 0.213. The van der Waals surface area contributed by atoms with Crippen LogP contribution in [0.1, 0.15) is 52.4 Å². The van der Waals surface area contributed by atoms with Crippen molar-refractivity contribution in [2.45, 2.75) is 64.5 Å². The fraction of sp³-hybridized carbons (Fsp3) is 0.889. The zero-order valence-electron chi connectivity index (χ0n) is 14.7. The molecule has 0 aliphatic carbocycles. The fourth-order valence-corrected chi connectivity index (χ4v) is 4.86. The van der Waals surface area contributed by atoms with E-state index in [9.17, 15) is 9.59 Å². The van der Waals surface area contributed by atoms with Crippen LogP contribution in [-0.2, 0) is 9.59 Å². The molecular formula is C18H31N3O2. The Labute approximate surface area is 140 Å². The van der Waals surface area contributed by atoms with Crippen molar-refractivity contribution < 1.29 is 9.59 Å². The Morgan fingerprint density at radius 1 is 0.826 bits per heavy atom. The molecule has 3 aliphatic heterocycles. The lowest BCUT2D eigenvalue weighted by molar-refractivity contribution is -0.130. The molecule has 2 unspecified atom stereocenters. The number of amides is 2. The SMILES string of the molecule is CC(=O)N1CCC(CN2CCCC2C2CCCN2C(C)=O)CC1. The average Bonchev–Trinajstić information content (AvgIpc) is 3.15. The quantitative estimate of drug-likeness (QED) is 0.795. The van der Waals surface area contributed by atoms with Gasteiger partial charge in [0.15, 0.2) is 0 Å². The number of piperidine rings is 1. The van der Waals surface area contributed by atoms with Gasteiger partial charge in [0.25, 0.3) is 0 Å². The molecule has 3 fully saturated rings. The summed E-state index contributed by atoms with van der Waals surface area (Å²) >= 11 is 0. The lowest BCUT2D eigenvalue weighted by atomic mass is 9.95. The van der Waals surface area contributed by atoms with E-state index in [1.165, 1.54) is 25.8 Å². The molecule has 3 heterocycles. The number of nitrogens with zero attached hydrogens (tertiary/aromatic N) is 3. The number of carbonyl (C=O) groups excluding carboxylic acids is 2. The zero-order chi connectivity index (χ0) is 16.4. The Balaban J connectivity index is 1.55. The highest BCUT2D eigenvalue weighted by Gasteiger charge is 2.39. The van der Waals surface area contributed by atoms with E-state index < -0.39 is 0 Å². The third kappa shape index (κ3) is 3.70. The number of likely N-dealkylation sites (tertiary alicyclic amines) is 3. The largest absolute Gasteiger partial charge is 0.343 e. The Bertz CT molecular complexity index is 446. The van der Waals surface area contributed by atoms with E-state index in [0.717, 1.165) is 45.4 Å². The summed E-state index contributed by atoms with van der Waals surface area (Å²) in [5.74, 6) is 1.16. The standard InChI is InChI=1S/C18H31N3O2/c1-14(22)19-11-7-16(8-12-19)13-20-9-3-5-17(20)18-6-4-10-21(18)15(2)23/h16-18H,3-13H2,1-2H3. The van der Waals surface area contributed by atoms with Crippen LogP contribution in [0.3, 0.4) is 0 Å². The lowest BCUT2D eigenvalue weighted by Crippen LogP contribution is -2.49. The summed E-state index contributed by atoms with van der Waals surface area (Å²) < 4.78 is 0. The van der Waals surface area contributed by atoms with Gasteiger partial charge in [-0.15, -0.1) is 0 Å². The Morgan fingerprint density at radius 2 is 1.48 bits per heavy atom. The van der Waals surface area contributed by atoms with Gasteiger partial charge in [0.1, 0.15) is 0 Å². The van der Waals surface area contributed by atoms with Crippen LogP contribution in [0.15, 0.2) is 0 Å². The third-order valence-electron chi connectivity index (χ3n) is 6.11. The van der Waals surface area contributed by atoms with Crippen LogP contribution in [0.2, 0.25) is 0 Å². The van der Waals surface area contributed by atoms with Gasteiger partial charge in [-0.2, -0.15) is 0 Å².